The van der Waals surface area contributed by atoms with E-state index in [9.17, 15) is 22.8 Å². The number of nitrogens with zero attached hydrogens (tertiary/aromatic N) is 1. The number of rotatable bonds is 6. The number of halogens is 3. The van der Waals surface area contributed by atoms with E-state index in [2.05, 4.69) is 5.32 Å². The molecule has 1 amide bonds. The SMILES string of the molecule is C[C@@H](Cc1ccccc1)NCC(=O)[C@@H]1CCCN1C(=O)C(F)(F)F. The first-order chi connectivity index (χ1) is 11.3. The lowest BCUT2D eigenvalue weighted by molar-refractivity contribution is -0.186. The van der Waals surface area contributed by atoms with Gasteiger partial charge in [0.2, 0.25) is 0 Å². The Balaban J connectivity index is 1.86. The highest BCUT2D eigenvalue weighted by molar-refractivity contribution is 5.92. The normalized spacial score (nSPS) is 19.3. The average Bonchev–Trinajstić information content (AvgIpc) is 3.01. The molecule has 1 saturated heterocycles. The van der Waals surface area contributed by atoms with E-state index < -0.39 is 18.1 Å². The van der Waals surface area contributed by atoms with Crippen LogP contribution in [0.3, 0.4) is 0 Å². The third-order valence-corrected chi connectivity index (χ3v) is 4.14. The smallest absolute Gasteiger partial charge is 0.325 e. The summed E-state index contributed by atoms with van der Waals surface area (Å²) in [5, 5.41) is 3.04. The quantitative estimate of drug-likeness (QED) is 0.863. The summed E-state index contributed by atoms with van der Waals surface area (Å²) < 4.78 is 37.7. The molecule has 1 heterocycles. The molecule has 4 nitrogen and oxygen atoms in total. The van der Waals surface area contributed by atoms with Crippen molar-refractivity contribution in [2.45, 2.75) is 44.4 Å². The minimum atomic E-state index is -4.93. The van der Waals surface area contributed by atoms with Gasteiger partial charge in [0.05, 0.1) is 12.6 Å². The number of amides is 1. The zero-order valence-corrected chi connectivity index (χ0v) is 13.5. The van der Waals surface area contributed by atoms with Crippen molar-refractivity contribution in [2.24, 2.45) is 0 Å². The molecule has 1 N–H and O–H groups in total. The molecule has 7 heteroatoms. The number of carbonyl (C=O) groups excluding carboxylic acids is 2. The fraction of sp³-hybridized carbons (Fsp3) is 0.529. The average molecular weight is 342 g/mol. The number of likely N-dealkylation sites (tertiary alicyclic amines) is 1. The molecule has 0 radical (unpaired) electrons. The maximum atomic E-state index is 12.6. The van der Waals surface area contributed by atoms with Crippen molar-refractivity contribution in [3.8, 4) is 0 Å². The Kier molecular flexibility index (Phi) is 5.99. The third-order valence-electron chi connectivity index (χ3n) is 4.14. The summed E-state index contributed by atoms with van der Waals surface area (Å²) in [5.74, 6) is -2.29. The number of carbonyl (C=O) groups is 2. The van der Waals surface area contributed by atoms with Crippen LogP contribution in [0.1, 0.15) is 25.3 Å². The molecular weight excluding hydrogens is 321 g/mol. The molecule has 0 unspecified atom stereocenters. The standard InChI is InChI=1S/C17H21F3N2O2/c1-12(10-13-6-3-2-4-7-13)21-11-15(23)14-8-5-9-22(14)16(24)17(18,19)20/h2-4,6-7,12,14,21H,5,8-11H2,1H3/t12-,14-/m0/s1. The highest BCUT2D eigenvalue weighted by Gasteiger charge is 2.47. The van der Waals surface area contributed by atoms with Gasteiger partial charge in [-0.15, -0.1) is 0 Å². The summed E-state index contributed by atoms with van der Waals surface area (Å²) in [7, 11) is 0. The van der Waals surface area contributed by atoms with Crippen molar-refractivity contribution < 1.29 is 22.8 Å². The van der Waals surface area contributed by atoms with E-state index in [4.69, 9.17) is 0 Å². The summed E-state index contributed by atoms with van der Waals surface area (Å²) in [4.78, 5) is 24.3. The van der Waals surface area contributed by atoms with Crippen LogP contribution < -0.4 is 5.32 Å². The number of benzene rings is 1. The second-order valence-corrected chi connectivity index (χ2v) is 6.09. The van der Waals surface area contributed by atoms with Crippen molar-refractivity contribution in [3.05, 3.63) is 35.9 Å². The molecule has 1 aliphatic heterocycles. The first-order valence-corrected chi connectivity index (χ1v) is 7.97. The zero-order chi connectivity index (χ0) is 17.7. The number of hydrogen-bond acceptors (Lipinski definition) is 3. The van der Waals surface area contributed by atoms with Gasteiger partial charge in [0, 0.05) is 12.6 Å². The third kappa shape index (κ3) is 4.80. The summed E-state index contributed by atoms with van der Waals surface area (Å²) >= 11 is 0. The van der Waals surface area contributed by atoms with Crippen LogP contribution >= 0.6 is 0 Å². The van der Waals surface area contributed by atoms with Crippen molar-refractivity contribution >= 4 is 11.7 Å². The molecule has 1 aromatic carbocycles. The molecule has 0 spiro atoms. The predicted octanol–water partition coefficient (Wildman–Crippen LogP) is 2.33. The van der Waals surface area contributed by atoms with Crippen LogP contribution in [-0.2, 0) is 16.0 Å². The van der Waals surface area contributed by atoms with E-state index in [1.54, 1.807) is 0 Å². The number of alkyl halides is 3. The van der Waals surface area contributed by atoms with E-state index >= 15 is 0 Å². The second kappa shape index (κ2) is 7.79. The molecule has 2 atom stereocenters. The largest absolute Gasteiger partial charge is 0.471 e. The van der Waals surface area contributed by atoms with Crippen LogP contribution in [-0.4, -0.2) is 47.9 Å². The van der Waals surface area contributed by atoms with Gasteiger partial charge in [0.1, 0.15) is 0 Å². The van der Waals surface area contributed by atoms with Crippen molar-refractivity contribution in [1.82, 2.24) is 10.2 Å². The van der Waals surface area contributed by atoms with Crippen LogP contribution in [0.25, 0.3) is 0 Å². The van der Waals surface area contributed by atoms with Gasteiger partial charge in [-0.3, -0.25) is 9.59 Å². The van der Waals surface area contributed by atoms with Gasteiger partial charge in [-0.1, -0.05) is 30.3 Å². The van der Waals surface area contributed by atoms with Gasteiger partial charge in [-0.2, -0.15) is 13.2 Å². The first kappa shape index (κ1) is 18.4. The molecule has 1 aliphatic rings. The van der Waals surface area contributed by atoms with Crippen LogP contribution in [0.2, 0.25) is 0 Å². The Morgan fingerprint density at radius 3 is 2.58 bits per heavy atom. The molecular formula is C17H21F3N2O2. The van der Waals surface area contributed by atoms with E-state index in [1.165, 1.54) is 0 Å². The first-order valence-electron chi connectivity index (χ1n) is 7.97. The Labute approximate surface area is 139 Å². The maximum absolute atomic E-state index is 12.6. The molecule has 1 aromatic rings. The van der Waals surface area contributed by atoms with Crippen molar-refractivity contribution in [1.29, 1.82) is 0 Å². The van der Waals surface area contributed by atoms with Gasteiger partial charge in [-0.25, -0.2) is 0 Å². The predicted molar refractivity (Wildman–Crippen MR) is 83.4 cm³/mol. The molecule has 0 bridgehead atoms. The molecule has 1 fully saturated rings. The van der Waals surface area contributed by atoms with E-state index in [1.807, 2.05) is 37.3 Å². The summed E-state index contributed by atoms with van der Waals surface area (Å²) in [5.41, 5.74) is 1.11. The Bertz CT molecular complexity index is 575. The lowest BCUT2D eigenvalue weighted by Crippen LogP contribution is -2.49. The molecule has 0 saturated carbocycles. The summed E-state index contributed by atoms with van der Waals surface area (Å²) in [6.07, 6.45) is -3.52. The molecule has 132 valence electrons. The van der Waals surface area contributed by atoms with Gasteiger partial charge in [0.15, 0.2) is 5.78 Å². The highest BCUT2D eigenvalue weighted by Crippen LogP contribution is 2.26. The van der Waals surface area contributed by atoms with Crippen LogP contribution in [0.5, 0.6) is 0 Å². The Morgan fingerprint density at radius 2 is 1.96 bits per heavy atom. The van der Waals surface area contributed by atoms with E-state index in [0.717, 1.165) is 5.56 Å². The van der Waals surface area contributed by atoms with E-state index in [-0.39, 0.29) is 31.3 Å². The van der Waals surface area contributed by atoms with Gasteiger partial charge in [0.25, 0.3) is 0 Å². The molecule has 2 rings (SSSR count). The maximum Gasteiger partial charge on any atom is 0.471 e. The van der Waals surface area contributed by atoms with Gasteiger partial charge < -0.3 is 10.2 Å². The molecule has 0 aliphatic carbocycles. The Hall–Kier alpha value is -1.89. The number of nitrogens with one attached hydrogen (secondary N) is 1. The topological polar surface area (TPSA) is 49.4 Å². The zero-order valence-electron chi connectivity index (χ0n) is 13.5. The van der Waals surface area contributed by atoms with Crippen LogP contribution in [0, 0.1) is 0 Å². The monoisotopic (exact) mass is 342 g/mol. The lowest BCUT2D eigenvalue weighted by Gasteiger charge is -2.25. The van der Waals surface area contributed by atoms with Gasteiger partial charge >= 0.3 is 12.1 Å². The fourth-order valence-corrected chi connectivity index (χ4v) is 2.94. The van der Waals surface area contributed by atoms with Crippen LogP contribution in [0.15, 0.2) is 30.3 Å². The van der Waals surface area contributed by atoms with Crippen molar-refractivity contribution in [2.75, 3.05) is 13.1 Å². The molecule has 0 aromatic heterocycles. The van der Waals surface area contributed by atoms with Crippen LogP contribution in [0.4, 0.5) is 13.2 Å². The number of ketones is 1. The highest BCUT2D eigenvalue weighted by atomic mass is 19.4. The van der Waals surface area contributed by atoms with E-state index in [0.29, 0.717) is 17.7 Å². The number of Topliss-reactive ketones (excluding diaryl/α,β-unsaturated/α-hetero) is 1. The summed E-state index contributed by atoms with van der Waals surface area (Å²) in [6.45, 7) is 1.85. The van der Waals surface area contributed by atoms with Gasteiger partial charge in [-0.05, 0) is 31.7 Å². The molecule has 24 heavy (non-hydrogen) atoms. The van der Waals surface area contributed by atoms with Crippen molar-refractivity contribution in [3.63, 3.8) is 0 Å². The summed E-state index contributed by atoms with van der Waals surface area (Å²) in [6, 6.07) is 8.73. The minimum absolute atomic E-state index is 0.00419. The fourth-order valence-electron chi connectivity index (χ4n) is 2.94. The minimum Gasteiger partial charge on any atom is -0.325 e. The number of hydrogen-bond donors (Lipinski definition) is 1. The second-order valence-electron chi connectivity index (χ2n) is 6.09. The Morgan fingerprint density at radius 1 is 1.29 bits per heavy atom. The lowest BCUT2D eigenvalue weighted by atomic mass is 10.1.